The molecule has 39 heavy (non-hydrogen) atoms. The molecule has 0 spiro atoms. The minimum atomic E-state index is -1.07. The molecule has 2 N–H and O–H groups in total. The Bertz CT molecular complexity index is 1690. The summed E-state index contributed by atoms with van der Waals surface area (Å²) < 4.78 is 27.0. The second-order valence-corrected chi connectivity index (χ2v) is 12.5. The van der Waals surface area contributed by atoms with Gasteiger partial charge in [-0.2, -0.15) is 4.37 Å². The zero-order chi connectivity index (χ0) is 27.3. The van der Waals surface area contributed by atoms with Crippen molar-refractivity contribution in [2.45, 2.75) is 38.2 Å². The number of aromatic nitrogens is 1. The van der Waals surface area contributed by atoms with Crippen LogP contribution in [0.1, 0.15) is 42.7 Å². The molecule has 1 amide bonds. The van der Waals surface area contributed by atoms with Crippen LogP contribution in [0.4, 0.5) is 14.9 Å². The number of halogens is 1. The van der Waals surface area contributed by atoms with E-state index in [4.69, 9.17) is 4.74 Å². The van der Waals surface area contributed by atoms with Crippen LogP contribution in [0.25, 0.3) is 29.6 Å². The highest BCUT2D eigenvalue weighted by Crippen LogP contribution is 2.50. The van der Waals surface area contributed by atoms with Gasteiger partial charge in [-0.3, -0.25) is 10.1 Å². The number of carbonyl (C=O) groups is 2. The van der Waals surface area contributed by atoms with Crippen molar-refractivity contribution in [3.63, 3.8) is 0 Å². The Balaban J connectivity index is 1.22. The Morgan fingerprint density at radius 1 is 1.05 bits per heavy atom. The van der Waals surface area contributed by atoms with E-state index in [1.165, 1.54) is 17.6 Å². The van der Waals surface area contributed by atoms with E-state index < -0.39 is 29.4 Å². The van der Waals surface area contributed by atoms with Crippen molar-refractivity contribution in [1.82, 2.24) is 4.37 Å². The Hall–Kier alpha value is -3.60. The summed E-state index contributed by atoms with van der Waals surface area (Å²) in [6.07, 6.45) is -0.00975. The number of anilines is 1. The molecule has 0 unspecified atom stereocenters. The second kappa shape index (κ2) is 9.86. The molecular weight excluding hydrogens is 556 g/mol. The first-order valence-electron chi connectivity index (χ1n) is 12.3. The van der Waals surface area contributed by atoms with Crippen LogP contribution in [0, 0.1) is 12.7 Å². The summed E-state index contributed by atoms with van der Waals surface area (Å²) in [6.45, 7) is 3.67. The maximum Gasteiger partial charge on any atom is 0.412 e. The first-order valence-corrected chi connectivity index (χ1v) is 14.7. The molecule has 1 atom stereocenters. The van der Waals surface area contributed by atoms with Crippen LogP contribution in [0.3, 0.4) is 0 Å². The molecule has 1 aliphatic carbocycles. The van der Waals surface area contributed by atoms with Gasteiger partial charge in [0.1, 0.15) is 11.9 Å². The molecule has 0 saturated heterocycles. The SMILES string of the molecule is Cc1nsc(-c2cc3sc(-c4ccc(C5(C(=O)O)CC5)c(F)c4)cc3s2)c1NC(=O)O[C@H](C)c1ccccc1. The van der Waals surface area contributed by atoms with E-state index in [1.54, 1.807) is 34.8 Å². The molecule has 198 valence electrons. The predicted octanol–water partition coefficient (Wildman–Crippen LogP) is 8.63. The number of hydrogen-bond donors (Lipinski definition) is 2. The highest BCUT2D eigenvalue weighted by molar-refractivity contribution is 7.32. The number of aliphatic carboxylic acids is 1. The van der Waals surface area contributed by atoms with E-state index in [0.717, 1.165) is 35.2 Å². The number of rotatable bonds is 7. The zero-order valence-electron chi connectivity index (χ0n) is 21.0. The number of amides is 1. The average molecular weight is 579 g/mol. The van der Waals surface area contributed by atoms with Gasteiger partial charge in [0.05, 0.1) is 26.6 Å². The lowest BCUT2D eigenvalue weighted by molar-refractivity contribution is -0.140. The third kappa shape index (κ3) is 4.73. The van der Waals surface area contributed by atoms with Crippen LogP contribution < -0.4 is 5.32 Å². The van der Waals surface area contributed by atoms with Crippen LogP contribution in [0.2, 0.25) is 0 Å². The number of nitrogens with zero attached hydrogens (tertiary/aromatic N) is 1. The van der Waals surface area contributed by atoms with Gasteiger partial charge in [-0.25, -0.2) is 9.18 Å². The van der Waals surface area contributed by atoms with Crippen LogP contribution in [-0.4, -0.2) is 21.5 Å². The quantitative estimate of drug-likeness (QED) is 0.202. The van der Waals surface area contributed by atoms with Gasteiger partial charge in [0.2, 0.25) is 0 Å². The van der Waals surface area contributed by atoms with E-state index in [0.29, 0.717) is 24.2 Å². The van der Waals surface area contributed by atoms with Gasteiger partial charge in [-0.05, 0) is 67.5 Å². The molecule has 0 aliphatic heterocycles. The number of ether oxygens (including phenoxy) is 1. The van der Waals surface area contributed by atoms with E-state index in [9.17, 15) is 19.1 Å². The molecule has 6 rings (SSSR count). The Morgan fingerprint density at radius 3 is 2.41 bits per heavy atom. The van der Waals surface area contributed by atoms with Crippen molar-refractivity contribution in [2.75, 3.05) is 5.32 Å². The molecule has 5 aromatic rings. The molecule has 2 aromatic carbocycles. The average Bonchev–Trinajstić information content (AvgIpc) is 3.31. The molecule has 10 heteroatoms. The minimum Gasteiger partial charge on any atom is -0.481 e. The summed E-state index contributed by atoms with van der Waals surface area (Å²) in [5.74, 6) is -1.45. The number of aryl methyl sites for hydroxylation is 1. The first-order chi connectivity index (χ1) is 18.7. The van der Waals surface area contributed by atoms with Crippen molar-refractivity contribution in [1.29, 1.82) is 0 Å². The molecule has 0 radical (unpaired) electrons. The van der Waals surface area contributed by atoms with Gasteiger partial charge in [0.15, 0.2) is 0 Å². The Kier molecular flexibility index (Phi) is 6.49. The summed E-state index contributed by atoms with van der Waals surface area (Å²) in [4.78, 5) is 27.0. The van der Waals surface area contributed by atoms with E-state index in [-0.39, 0.29) is 5.56 Å². The lowest BCUT2D eigenvalue weighted by Gasteiger charge is -2.14. The van der Waals surface area contributed by atoms with Crippen molar-refractivity contribution >= 4 is 61.4 Å². The predicted molar refractivity (Wildman–Crippen MR) is 154 cm³/mol. The standard InChI is InChI=1S/C29H23FN2O4S3/c1-15-25(31-28(35)36-16(2)17-6-4-3-5-7-17)26(39-32-15)24-14-23-22(38-24)13-21(37-23)18-8-9-19(20(30)12-18)29(10-11-29)27(33)34/h3-9,12-14,16H,10-11H2,1-2H3,(H,31,35)(H,33,34)/t16-/m1/s1. The van der Waals surface area contributed by atoms with Crippen LogP contribution in [0.15, 0.2) is 60.7 Å². The number of carboxylic acids is 1. The molecule has 1 fully saturated rings. The van der Waals surface area contributed by atoms with Crippen molar-refractivity contribution < 1.29 is 23.8 Å². The third-order valence-electron chi connectivity index (χ3n) is 7.00. The number of carboxylic acid groups (broad SMARTS) is 1. The molecule has 0 bridgehead atoms. The first kappa shape index (κ1) is 25.7. The smallest absolute Gasteiger partial charge is 0.412 e. The number of benzene rings is 2. The van der Waals surface area contributed by atoms with Crippen molar-refractivity contribution in [3.8, 4) is 20.2 Å². The lowest BCUT2D eigenvalue weighted by atomic mass is 9.94. The molecular formula is C29H23FN2O4S3. The normalized spacial score (nSPS) is 14.7. The van der Waals surface area contributed by atoms with Crippen LogP contribution in [-0.2, 0) is 14.9 Å². The van der Waals surface area contributed by atoms with Crippen LogP contribution >= 0.6 is 34.2 Å². The van der Waals surface area contributed by atoms with Crippen molar-refractivity contribution in [2.24, 2.45) is 0 Å². The fourth-order valence-electron chi connectivity index (χ4n) is 4.64. The monoisotopic (exact) mass is 578 g/mol. The van der Waals surface area contributed by atoms with Gasteiger partial charge >= 0.3 is 12.1 Å². The number of nitrogens with one attached hydrogen (secondary N) is 1. The van der Waals surface area contributed by atoms with Crippen molar-refractivity contribution in [3.05, 3.63) is 83.3 Å². The maximum atomic E-state index is 14.9. The lowest BCUT2D eigenvalue weighted by Crippen LogP contribution is -2.20. The maximum absolute atomic E-state index is 14.9. The number of hydrogen-bond acceptors (Lipinski definition) is 7. The topological polar surface area (TPSA) is 88.5 Å². The molecule has 1 saturated carbocycles. The molecule has 3 heterocycles. The minimum absolute atomic E-state index is 0.261. The largest absolute Gasteiger partial charge is 0.481 e. The van der Waals surface area contributed by atoms with Gasteiger partial charge in [0, 0.05) is 19.8 Å². The Morgan fingerprint density at radius 2 is 1.74 bits per heavy atom. The highest BCUT2D eigenvalue weighted by Gasteiger charge is 2.53. The van der Waals surface area contributed by atoms with Gasteiger partial charge in [-0.15, -0.1) is 22.7 Å². The van der Waals surface area contributed by atoms with E-state index in [2.05, 4.69) is 15.8 Å². The fraction of sp³-hybridized carbons (Fsp3) is 0.207. The molecule has 1 aliphatic rings. The summed E-state index contributed by atoms with van der Waals surface area (Å²) >= 11 is 4.43. The van der Waals surface area contributed by atoms with Gasteiger partial charge in [0.25, 0.3) is 0 Å². The summed E-state index contributed by atoms with van der Waals surface area (Å²) in [5.41, 5.74) is 2.16. The summed E-state index contributed by atoms with van der Waals surface area (Å²) in [6, 6.07) is 18.5. The summed E-state index contributed by atoms with van der Waals surface area (Å²) in [5, 5.41) is 12.4. The van der Waals surface area contributed by atoms with E-state index in [1.807, 2.05) is 50.2 Å². The molecule has 6 nitrogen and oxygen atoms in total. The van der Waals surface area contributed by atoms with Gasteiger partial charge in [-0.1, -0.05) is 42.5 Å². The van der Waals surface area contributed by atoms with E-state index >= 15 is 0 Å². The summed E-state index contributed by atoms with van der Waals surface area (Å²) in [7, 11) is 0. The molecule has 3 aromatic heterocycles. The fourth-order valence-corrected chi connectivity index (χ4v) is 7.97. The zero-order valence-corrected chi connectivity index (χ0v) is 23.4. The highest BCUT2D eigenvalue weighted by atomic mass is 32.1. The number of carbonyl (C=O) groups excluding carboxylic acids is 1. The van der Waals surface area contributed by atoms with Gasteiger partial charge < -0.3 is 9.84 Å². The third-order valence-corrected chi connectivity index (χ3v) is 10.5. The Labute approximate surface area is 235 Å². The number of thiophene rings is 2. The number of fused-ring (bicyclic) bond motifs is 1. The second-order valence-electron chi connectivity index (χ2n) is 9.59. The van der Waals surface area contributed by atoms with Crippen LogP contribution in [0.5, 0.6) is 0 Å².